The molecule has 1 saturated heterocycles. The molecule has 1 fully saturated rings. The average Bonchev–Trinajstić information content (AvgIpc) is 2.84. The molecular formula is C22H22N4O5S. The second kappa shape index (κ2) is 9.33. The van der Waals surface area contributed by atoms with Gasteiger partial charge in [-0.3, -0.25) is 14.5 Å². The molecule has 0 atom stereocenters. The zero-order valence-corrected chi connectivity index (χ0v) is 18.2. The molecule has 10 heteroatoms. The molecule has 2 aromatic heterocycles. The fourth-order valence-corrected chi connectivity index (χ4v) is 4.55. The minimum Gasteiger partial charge on any atom is -0.480 e. The van der Waals surface area contributed by atoms with Crippen LogP contribution in [0.4, 0.5) is 11.4 Å². The fraction of sp³-hybridized carbons (Fsp3) is 0.227. The van der Waals surface area contributed by atoms with Crippen LogP contribution < -0.4 is 14.4 Å². The topological polar surface area (TPSA) is 111 Å². The highest BCUT2D eigenvalue weighted by molar-refractivity contribution is 7.92. The van der Waals surface area contributed by atoms with E-state index in [2.05, 4.69) is 14.7 Å². The SMILES string of the molecule is COc1ncc(N2CCOCC2)cc1S(=O)(=O)Nc1cncc(-c2ccc(C=O)cc2)c1. The number of benzene rings is 1. The molecule has 0 spiro atoms. The number of rotatable bonds is 7. The van der Waals surface area contributed by atoms with Crippen molar-refractivity contribution in [1.29, 1.82) is 0 Å². The number of nitrogens with one attached hydrogen (secondary N) is 1. The van der Waals surface area contributed by atoms with Gasteiger partial charge in [-0.1, -0.05) is 24.3 Å². The molecule has 0 bridgehead atoms. The number of hydrogen-bond acceptors (Lipinski definition) is 8. The third-order valence-electron chi connectivity index (χ3n) is 5.03. The van der Waals surface area contributed by atoms with Crippen LogP contribution in [-0.4, -0.2) is 58.1 Å². The quantitative estimate of drug-likeness (QED) is 0.543. The van der Waals surface area contributed by atoms with Gasteiger partial charge in [0.15, 0.2) is 4.90 Å². The number of pyridine rings is 2. The van der Waals surface area contributed by atoms with Crippen LogP contribution in [0.25, 0.3) is 11.1 Å². The Hall–Kier alpha value is -3.50. The van der Waals surface area contributed by atoms with E-state index in [0.717, 1.165) is 11.8 Å². The lowest BCUT2D eigenvalue weighted by atomic mass is 10.1. The number of carbonyl (C=O) groups is 1. The molecule has 4 rings (SSSR count). The molecule has 1 aliphatic rings. The lowest BCUT2D eigenvalue weighted by Gasteiger charge is -2.29. The predicted octanol–water partition coefficient (Wildman–Crippen LogP) is 2.60. The van der Waals surface area contributed by atoms with Gasteiger partial charge in [0.05, 0.1) is 44.1 Å². The van der Waals surface area contributed by atoms with Gasteiger partial charge in [0.25, 0.3) is 10.0 Å². The summed E-state index contributed by atoms with van der Waals surface area (Å²) in [5.74, 6) is 0.00285. The van der Waals surface area contributed by atoms with E-state index in [4.69, 9.17) is 9.47 Å². The van der Waals surface area contributed by atoms with E-state index in [-0.39, 0.29) is 10.8 Å². The number of nitrogens with zero attached hydrogens (tertiary/aromatic N) is 3. The van der Waals surface area contributed by atoms with Crippen molar-refractivity contribution in [3.63, 3.8) is 0 Å². The first-order valence-corrected chi connectivity index (χ1v) is 11.4. The first-order chi connectivity index (χ1) is 15.5. The summed E-state index contributed by atoms with van der Waals surface area (Å²) < 4.78 is 39.5. The van der Waals surface area contributed by atoms with E-state index in [1.54, 1.807) is 48.8 Å². The summed E-state index contributed by atoms with van der Waals surface area (Å²) in [7, 11) is -2.63. The molecule has 166 valence electrons. The molecule has 1 aliphatic heterocycles. The van der Waals surface area contributed by atoms with E-state index < -0.39 is 10.0 Å². The molecule has 32 heavy (non-hydrogen) atoms. The van der Waals surface area contributed by atoms with Crippen molar-refractivity contribution in [2.75, 3.05) is 43.0 Å². The van der Waals surface area contributed by atoms with Gasteiger partial charge in [-0.05, 0) is 17.7 Å². The van der Waals surface area contributed by atoms with Gasteiger partial charge < -0.3 is 14.4 Å². The molecule has 0 radical (unpaired) electrons. The van der Waals surface area contributed by atoms with Gasteiger partial charge in [0, 0.05) is 30.4 Å². The molecule has 0 saturated carbocycles. The van der Waals surface area contributed by atoms with Crippen molar-refractivity contribution in [2.24, 2.45) is 0 Å². The fourth-order valence-electron chi connectivity index (χ4n) is 3.38. The Morgan fingerprint density at radius 1 is 1.06 bits per heavy atom. The van der Waals surface area contributed by atoms with Crippen molar-refractivity contribution in [2.45, 2.75) is 4.90 Å². The third-order valence-corrected chi connectivity index (χ3v) is 6.41. The number of hydrogen-bond donors (Lipinski definition) is 1. The van der Waals surface area contributed by atoms with Crippen LogP contribution in [0.5, 0.6) is 5.88 Å². The van der Waals surface area contributed by atoms with E-state index in [1.165, 1.54) is 13.3 Å². The minimum absolute atomic E-state index is 0.00285. The second-order valence-electron chi connectivity index (χ2n) is 7.11. The number of ether oxygens (including phenoxy) is 2. The highest BCUT2D eigenvalue weighted by Crippen LogP contribution is 2.29. The van der Waals surface area contributed by atoms with Crippen LogP contribution in [0.2, 0.25) is 0 Å². The smallest absolute Gasteiger partial charge is 0.267 e. The number of methoxy groups -OCH3 is 1. The predicted molar refractivity (Wildman–Crippen MR) is 120 cm³/mol. The van der Waals surface area contributed by atoms with Crippen molar-refractivity contribution in [3.05, 3.63) is 60.6 Å². The van der Waals surface area contributed by atoms with E-state index in [1.807, 2.05) is 4.90 Å². The summed E-state index contributed by atoms with van der Waals surface area (Å²) in [6.07, 6.45) is 5.40. The Bertz CT molecular complexity index is 1210. The first-order valence-electron chi connectivity index (χ1n) is 9.90. The summed E-state index contributed by atoms with van der Waals surface area (Å²) in [5, 5.41) is 0. The lowest BCUT2D eigenvalue weighted by Crippen LogP contribution is -2.36. The van der Waals surface area contributed by atoms with Crippen LogP contribution in [0.1, 0.15) is 10.4 Å². The Morgan fingerprint density at radius 2 is 1.81 bits per heavy atom. The largest absolute Gasteiger partial charge is 0.480 e. The van der Waals surface area contributed by atoms with Crippen molar-refractivity contribution < 1.29 is 22.7 Å². The first kappa shape index (κ1) is 21.7. The molecule has 1 aromatic carbocycles. The summed E-state index contributed by atoms with van der Waals surface area (Å²) in [6, 6.07) is 10.1. The molecule has 0 aliphatic carbocycles. The summed E-state index contributed by atoms with van der Waals surface area (Å²) in [5.41, 5.74) is 3.03. The highest BCUT2D eigenvalue weighted by Gasteiger charge is 2.24. The molecule has 0 unspecified atom stereocenters. The number of sulfonamides is 1. The van der Waals surface area contributed by atoms with Gasteiger partial charge in [-0.15, -0.1) is 0 Å². The number of morpholine rings is 1. The molecule has 3 heterocycles. The molecule has 0 amide bonds. The minimum atomic E-state index is -4.01. The zero-order valence-electron chi connectivity index (χ0n) is 17.4. The molecule has 1 N–H and O–H groups in total. The lowest BCUT2D eigenvalue weighted by molar-refractivity contribution is 0.112. The average molecular weight is 455 g/mol. The van der Waals surface area contributed by atoms with Gasteiger partial charge in [-0.2, -0.15) is 0 Å². The Labute approximate surface area is 186 Å². The van der Waals surface area contributed by atoms with E-state index in [0.29, 0.717) is 48.8 Å². The van der Waals surface area contributed by atoms with Crippen LogP contribution in [0.15, 0.2) is 59.9 Å². The summed E-state index contributed by atoms with van der Waals surface area (Å²) in [6.45, 7) is 2.43. The van der Waals surface area contributed by atoms with Crippen LogP contribution in [0.3, 0.4) is 0 Å². The number of carbonyl (C=O) groups excluding carboxylic acids is 1. The summed E-state index contributed by atoms with van der Waals surface area (Å²) >= 11 is 0. The van der Waals surface area contributed by atoms with Gasteiger partial charge >= 0.3 is 0 Å². The van der Waals surface area contributed by atoms with Gasteiger partial charge in [0.2, 0.25) is 5.88 Å². The van der Waals surface area contributed by atoms with E-state index in [9.17, 15) is 13.2 Å². The summed E-state index contributed by atoms with van der Waals surface area (Å²) in [4.78, 5) is 21.2. The maximum absolute atomic E-state index is 13.2. The zero-order chi connectivity index (χ0) is 22.6. The maximum atomic E-state index is 13.2. The Morgan fingerprint density at radius 3 is 2.50 bits per heavy atom. The number of aldehydes is 1. The van der Waals surface area contributed by atoms with Crippen LogP contribution >= 0.6 is 0 Å². The van der Waals surface area contributed by atoms with Gasteiger partial charge in [-0.25, -0.2) is 13.4 Å². The van der Waals surface area contributed by atoms with E-state index >= 15 is 0 Å². The monoisotopic (exact) mass is 454 g/mol. The number of aromatic nitrogens is 2. The normalized spacial score (nSPS) is 14.1. The number of anilines is 2. The third kappa shape index (κ3) is 4.71. The molecule has 3 aromatic rings. The van der Waals surface area contributed by atoms with Gasteiger partial charge in [0.1, 0.15) is 6.29 Å². The van der Waals surface area contributed by atoms with Crippen LogP contribution in [0, 0.1) is 0 Å². The molecule has 9 nitrogen and oxygen atoms in total. The Balaban J connectivity index is 1.63. The second-order valence-corrected chi connectivity index (χ2v) is 8.76. The highest BCUT2D eigenvalue weighted by atomic mass is 32.2. The maximum Gasteiger partial charge on any atom is 0.267 e. The Kier molecular flexibility index (Phi) is 6.33. The van der Waals surface area contributed by atoms with Crippen molar-refractivity contribution >= 4 is 27.7 Å². The van der Waals surface area contributed by atoms with Crippen LogP contribution in [-0.2, 0) is 14.8 Å². The van der Waals surface area contributed by atoms with Crippen molar-refractivity contribution in [1.82, 2.24) is 9.97 Å². The van der Waals surface area contributed by atoms with Crippen molar-refractivity contribution in [3.8, 4) is 17.0 Å². The standard InChI is InChI=1S/C22H22N4O5S/c1-30-22-21(11-20(14-24-22)26-6-8-31-9-7-26)32(28,29)25-19-10-18(12-23-13-19)17-4-2-16(15-27)3-5-17/h2-5,10-15,25H,6-9H2,1H3. The molecular weight excluding hydrogens is 432 g/mol.